The van der Waals surface area contributed by atoms with Gasteiger partial charge in [-0.2, -0.15) is 0 Å². The molecular weight excluding hydrogens is 375 g/mol. The highest BCUT2D eigenvalue weighted by Crippen LogP contribution is 2.32. The second-order valence-electron chi connectivity index (χ2n) is 2.86. The van der Waals surface area contributed by atoms with Crippen LogP contribution >= 0.6 is 49.9 Å². The fraction of sp³-hybridized carbons (Fsp3) is 0.100. The summed E-state index contributed by atoms with van der Waals surface area (Å²) in [6.07, 6.45) is 0.920. The van der Waals surface area contributed by atoms with Gasteiger partial charge in [0.05, 0.1) is 2.88 Å². The molecule has 1 aromatic carbocycles. The molecule has 2 aromatic rings. The van der Waals surface area contributed by atoms with Gasteiger partial charge in [0.2, 0.25) is 0 Å². The van der Waals surface area contributed by atoms with Crippen molar-refractivity contribution in [3.8, 4) is 0 Å². The largest absolute Gasteiger partial charge is 0.298 e. The number of carbonyl (C=O) groups is 1. The van der Waals surface area contributed by atoms with Crippen molar-refractivity contribution in [2.24, 2.45) is 0 Å². The van der Waals surface area contributed by atoms with Gasteiger partial charge in [0.1, 0.15) is 0 Å². The Morgan fingerprint density at radius 3 is 2.93 bits per heavy atom. The zero-order valence-corrected chi connectivity index (χ0v) is 11.6. The van der Waals surface area contributed by atoms with Gasteiger partial charge in [-0.1, -0.05) is 28.1 Å². The Morgan fingerprint density at radius 2 is 2.29 bits per heavy atom. The molecule has 0 aliphatic heterocycles. The fourth-order valence-electron chi connectivity index (χ4n) is 1.38. The number of hydrogen-bond acceptors (Lipinski definition) is 2. The zero-order valence-electron chi connectivity index (χ0n) is 7.09. The Balaban J connectivity index is 2.83. The van der Waals surface area contributed by atoms with Crippen LogP contribution in [0.1, 0.15) is 15.9 Å². The molecule has 0 radical (unpaired) electrons. The van der Waals surface area contributed by atoms with E-state index in [0.717, 1.165) is 22.6 Å². The number of carbonyl (C=O) groups excluding carboxylic acids is 1. The lowest BCUT2D eigenvalue weighted by Gasteiger charge is -1.99. The van der Waals surface area contributed by atoms with Crippen LogP contribution in [0.25, 0.3) is 10.1 Å². The summed E-state index contributed by atoms with van der Waals surface area (Å²) in [6, 6.07) is 5.96. The third-order valence-electron chi connectivity index (χ3n) is 2.04. The second kappa shape index (κ2) is 4.28. The van der Waals surface area contributed by atoms with E-state index in [2.05, 4.69) is 44.6 Å². The van der Waals surface area contributed by atoms with Crippen molar-refractivity contribution < 1.29 is 4.79 Å². The van der Waals surface area contributed by atoms with Crippen molar-refractivity contribution in [2.45, 2.75) is 5.33 Å². The smallest absolute Gasteiger partial charge is 0.150 e. The summed E-state index contributed by atoms with van der Waals surface area (Å²) >= 11 is 7.47. The van der Waals surface area contributed by atoms with Gasteiger partial charge >= 0.3 is 0 Å². The van der Waals surface area contributed by atoms with E-state index in [-0.39, 0.29) is 0 Å². The first-order valence-corrected chi connectivity index (χ1v) is 7.00. The van der Waals surface area contributed by atoms with Crippen LogP contribution in [0, 0.1) is 2.88 Å². The van der Waals surface area contributed by atoms with Crippen molar-refractivity contribution in [1.29, 1.82) is 0 Å². The number of rotatable bonds is 2. The average molecular weight is 381 g/mol. The topological polar surface area (TPSA) is 17.1 Å². The van der Waals surface area contributed by atoms with Gasteiger partial charge in [0.25, 0.3) is 0 Å². The number of thiophene rings is 1. The Labute approximate surface area is 108 Å². The van der Waals surface area contributed by atoms with E-state index in [0.29, 0.717) is 0 Å². The molecule has 0 aliphatic rings. The summed E-state index contributed by atoms with van der Waals surface area (Å²) in [5, 5.41) is 1.91. The van der Waals surface area contributed by atoms with Crippen molar-refractivity contribution >= 4 is 66.2 Å². The van der Waals surface area contributed by atoms with Gasteiger partial charge in [-0.05, 0) is 34.2 Å². The standard InChI is InChI=1S/C10H6BrIOS/c11-4-6-1-2-7(5-13)8-3-9(12)14-10(6)8/h1-3,5H,4H2. The molecule has 2 rings (SSSR count). The molecule has 72 valence electrons. The molecule has 1 nitrogen and oxygen atoms in total. The quantitative estimate of drug-likeness (QED) is 0.433. The molecule has 0 amide bonds. The minimum Gasteiger partial charge on any atom is -0.298 e. The number of aldehydes is 1. The predicted molar refractivity (Wildman–Crippen MR) is 72.6 cm³/mol. The van der Waals surface area contributed by atoms with Gasteiger partial charge in [-0.25, -0.2) is 0 Å². The highest BCUT2D eigenvalue weighted by atomic mass is 127. The Kier molecular flexibility index (Phi) is 3.23. The highest BCUT2D eigenvalue weighted by molar-refractivity contribution is 14.1. The van der Waals surface area contributed by atoms with Gasteiger partial charge in [-0.3, -0.25) is 4.79 Å². The van der Waals surface area contributed by atoms with E-state index in [4.69, 9.17) is 0 Å². The lowest BCUT2D eigenvalue weighted by Crippen LogP contribution is -1.83. The SMILES string of the molecule is O=Cc1ccc(CBr)c2sc(I)cc12. The minimum absolute atomic E-state index is 0.781. The van der Waals surface area contributed by atoms with Crippen LogP contribution in [0.5, 0.6) is 0 Å². The minimum atomic E-state index is 0.781. The molecule has 0 unspecified atom stereocenters. The summed E-state index contributed by atoms with van der Waals surface area (Å²) in [5.41, 5.74) is 2.03. The first kappa shape index (κ1) is 10.6. The van der Waals surface area contributed by atoms with Crippen molar-refractivity contribution in [1.82, 2.24) is 0 Å². The van der Waals surface area contributed by atoms with Gasteiger partial charge in [0, 0.05) is 21.0 Å². The average Bonchev–Trinajstić information content (AvgIpc) is 2.57. The fourth-order valence-corrected chi connectivity index (χ4v) is 3.93. The molecule has 14 heavy (non-hydrogen) atoms. The Hall–Kier alpha value is 0.0600. The molecule has 1 heterocycles. The van der Waals surface area contributed by atoms with Crippen molar-refractivity contribution in [2.75, 3.05) is 0 Å². The van der Waals surface area contributed by atoms with Crippen LogP contribution in [0.3, 0.4) is 0 Å². The maximum atomic E-state index is 10.8. The zero-order chi connectivity index (χ0) is 10.1. The summed E-state index contributed by atoms with van der Waals surface area (Å²) in [7, 11) is 0. The number of hydrogen-bond donors (Lipinski definition) is 0. The van der Waals surface area contributed by atoms with Crippen LogP contribution in [-0.4, -0.2) is 6.29 Å². The molecule has 0 N–H and O–H groups in total. The monoisotopic (exact) mass is 380 g/mol. The highest BCUT2D eigenvalue weighted by Gasteiger charge is 2.08. The molecule has 0 atom stereocenters. The van der Waals surface area contributed by atoms with Crippen molar-refractivity contribution in [3.05, 3.63) is 32.2 Å². The first-order valence-electron chi connectivity index (χ1n) is 3.98. The molecule has 0 saturated heterocycles. The van der Waals surface area contributed by atoms with Crippen LogP contribution in [0.2, 0.25) is 0 Å². The van der Waals surface area contributed by atoms with Crippen molar-refractivity contribution in [3.63, 3.8) is 0 Å². The third kappa shape index (κ3) is 1.75. The molecule has 0 spiro atoms. The van der Waals surface area contributed by atoms with Crippen LogP contribution in [0.15, 0.2) is 18.2 Å². The lowest BCUT2D eigenvalue weighted by molar-refractivity contribution is 0.112. The van der Waals surface area contributed by atoms with Gasteiger partial charge in [-0.15, -0.1) is 11.3 Å². The van der Waals surface area contributed by atoms with E-state index in [9.17, 15) is 4.79 Å². The molecular formula is C10H6BrIOS. The van der Waals surface area contributed by atoms with E-state index < -0.39 is 0 Å². The van der Waals surface area contributed by atoms with Gasteiger partial charge < -0.3 is 0 Å². The summed E-state index contributed by atoms with van der Waals surface area (Å²) in [6.45, 7) is 0. The van der Waals surface area contributed by atoms with E-state index in [1.807, 2.05) is 12.1 Å². The van der Waals surface area contributed by atoms with E-state index in [1.54, 1.807) is 11.3 Å². The molecule has 4 heteroatoms. The number of alkyl halides is 1. The van der Waals surface area contributed by atoms with Crippen LogP contribution < -0.4 is 0 Å². The van der Waals surface area contributed by atoms with Crippen LogP contribution in [-0.2, 0) is 5.33 Å². The number of benzene rings is 1. The molecule has 0 bridgehead atoms. The molecule has 0 saturated carbocycles. The normalized spacial score (nSPS) is 10.7. The third-order valence-corrected chi connectivity index (χ3v) is 4.61. The van der Waals surface area contributed by atoms with Gasteiger partial charge in [0.15, 0.2) is 6.29 Å². The first-order chi connectivity index (χ1) is 6.76. The Morgan fingerprint density at radius 1 is 1.50 bits per heavy atom. The lowest BCUT2D eigenvalue weighted by atomic mass is 10.1. The Bertz CT molecular complexity index is 492. The molecule has 1 aromatic heterocycles. The maximum absolute atomic E-state index is 10.8. The van der Waals surface area contributed by atoms with E-state index >= 15 is 0 Å². The molecule has 0 fully saturated rings. The summed E-state index contributed by atoms with van der Waals surface area (Å²) in [5.74, 6) is 0. The van der Waals surface area contributed by atoms with Crippen LogP contribution in [0.4, 0.5) is 0 Å². The summed E-state index contributed by atoms with van der Waals surface area (Å²) < 4.78 is 2.44. The summed E-state index contributed by atoms with van der Waals surface area (Å²) in [4.78, 5) is 10.8. The van der Waals surface area contributed by atoms with E-state index in [1.165, 1.54) is 13.1 Å². The predicted octanol–water partition coefficient (Wildman–Crippen LogP) is 4.21. The maximum Gasteiger partial charge on any atom is 0.150 e. The number of fused-ring (bicyclic) bond motifs is 1. The molecule has 0 aliphatic carbocycles. The number of halogens is 2. The second-order valence-corrected chi connectivity index (χ2v) is 6.37.